The fraction of sp³-hybridized carbons (Fsp3) is 0.900. The Bertz CT molecular complexity index is 252. The molecule has 2 amide bonds. The number of urea groups is 1. The zero-order valence-electron chi connectivity index (χ0n) is 8.41. The first-order valence-corrected chi connectivity index (χ1v) is 5.63. The number of nitrogens with one attached hydrogen (secondary N) is 1. The molecule has 0 aromatic rings. The van der Waals surface area contributed by atoms with Crippen LogP contribution in [0.25, 0.3) is 0 Å². The SMILES string of the molecule is O=C1NC[C@H]2CN(C3CCC3)CCN12. The van der Waals surface area contributed by atoms with Gasteiger partial charge in [-0.3, -0.25) is 4.90 Å². The van der Waals surface area contributed by atoms with Crippen molar-refractivity contribution in [2.45, 2.75) is 31.3 Å². The van der Waals surface area contributed by atoms with Crippen molar-refractivity contribution >= 4 is 6.03 Å². The van der Waals surface area contributed by atoms with Crippen LogP contribution >= 0.6 is 0 Å². The molecule has 1 saturated carbocycles. The average molecular weight is 195 g/mol. The fourth-order valence-electron chi connectivity index (χ4n) is 2.71. The van der Waals surface area contributed by atoms with Crippen molar-refractivity contribution in [1.82, 2.24) is 15.1 Å². The molecule has 2 aliphatic heterocycles. The van der Waals surface area contributed by atoms with E-state index in [-0.39, 0.29) is 6.03 Å². The third-order valence-corrected chi connectivity index (χ3v) is 3.86. The van der Waals surface area contributed by atoms with Gasteiger partial charge in [0.15, 0.2) is 0 Å². The number of carbonyl (C=O) groups is 1. The summed E-state index contributed by atoms with van der Waals surface area (Å²) >= 11 is 0. The number of hydrogen-bond donors (Lipinski definition) is 1. The minimum atomic E-state index is 0.142. The molecule has 1 aliphatic carbocycles. The van der Waals surface area contributed by atoms with Crippen LogP contribution in [-0.2, 0) is 0 Å². The number of piperazine rings is 1. The zero-order chi connectivity index (χ0) is 9.54. The summed E-state index contributed by atoms with van der Waals surface area (Å²) in [6, 6.07) is 1.41. The van der Waals surface area contributed by atoms with Gasteiger partial charge in [-0.2, -0.15) is 0 Å². The first-order chi connectivity index (χ1) is 6.84. The van der Waals surface area contributed by atoms with E-state index in [2.05, 4.69) is 10.2 Å². The lowest BCUT2D eigenvalue weighted by Crippen LogP contribution is -2.56. The summed E-state index contributed by atoms with van der Waals surface area (Å²) < 4.78 is 0. The van der Waals surface area contributed by atoms with Gasteiger partial charge >= 0.3 is 6.03 Å². The van der Waals surface area contributed by atoms with Crippen molar-refractivity contribution in [3.05, 3.63) is 0 Å². The van der Waals surface area contributed by atoms with E-state index in [4.69, 9.17) is 0 Å². The zero-order valence-corrected chi connectivity index (χ0v) is 8.41. The Morgan fingerprint density at radius 3 is 2.79 bits per heavy atom. The Balaban J connectivity index is 1.64. The second kappa shape index (κ2) is 3.12. The number of fused-ring (bicyclic) bond motifs is 1. The molecule has 1 N–H and O–H groups in total. The van der Waals surface area contributed by atoms with E-state index in [1.807, 2.05) is 4.90 Å². The predicted molar refractivity (Wildman–Crippen MR) is 53.1 cm³/mol. The first kappa shape index (κ1) is 8.53. The minimum absolute atomic E-state index is 0.142. The van der Waals surface area contributed by atoms with Gasteiger partial charge < -0.3 is 10.2 Å². The van der Waals surface area contributed by atoms with Crippen LogP contribution in [0, 0.1) is 0 Å². The number of rotatable bonds is 1. The van der Waals surface area contributed by atoms with Gasteiger partial charge in [0.2, 0.25) is 0 Å². The monoisotopic (exact) mass is 195 g/mol. The van der Waals surface area contributed by atoms with Crippen molar-refractivity contribution in [2.75, 3.05) is 26.2 Å². The summed E-state index contributed by atoms with van der Waals surface area (Å²) in [5, 5.41) is 2.92. The summed E-state index contributed by atoms with van der Waals surface area (Å²) in [4.78, 5) is 15.9. The standard InChI is InChI=1S/C10H17N3O/c14-10-11-6-9-7-12(4-5-13(9)10)8-2-1-3-8/h8-9H,1-7H2,(H,11,14)/t9-/m0/s1. The molecule has 3 fully saturated rings. The Hall–Kier alpha value is -0.770. The number of nitrogens with zero attached hydrogens (tertiary/aromatic N) is 2. The van der Waals surface area contributed by atoms with E-state index in [0.29, 0.717) is 6.04 Å². The Labute approximate surface area is 84.2 Å². The average Bonchev–Trinajstić information content (AvgIpc) is 2.45. The lowest BCUT2D eigenvalue weighted by Gasteiger charge is -2.44. The maximum atomic E-state index is 11.4. The van der Waals surface area contributed by atoms with Crippen molar-refractivity contribution in [1.29, 1.82) is 0 Å². The highest BCUT2D eigenvalue weighted by molar-refractivity contribution is 5.77. The summed E-state index contributed by atoms with van der Waals surface area (Å²) in [6.07, 6.45) is 4.13. The van der Waals surface area contributed by atoms with Crippen LogP contribution in [-0.4, -0.2) is 54.1 Å². The molecule has 3 aliphatic rings. The highest BCUT2D eigenvalue weighted by Crippen LogP contribution is 2.27. The molecule has 0 spiro atoms. The molecule has 78 valence electrons. The lowest BCUT2D eigenvalue weighted by molar-refractivity contribution is 0.0558. The summed E-state index contributed by atoms with van der Waals surface area (Å²) in [6.45, 7) is 3.94. The summed E-state index contributed by atoms with van der Waals surface area (Å²) in [5.41, 5.74) is 0. The maximum Gasteiger partial charge on any atom is 0.317 e. The van der Waals surface area contributed by atoms with E-state index >= 15 is 0 Å². The fourth-order valence-corrected chi connectivity index (χ4v) is 2.71. The molecular formula is C10H17N3O. The van der Waals surface area contributed by atoms with Gasteiger partial charge in [-0.15, -0.1) is 0 Å². The van der Waals surface area contributed by atoms with Crippen LogP contribution in [0.1, 0.15) is 19.3 Å². The highest BCUT2D eigenvalue weighted by Gasteiger charge is 2.38. The smallest absolute Gasteiger partial charge is 0.317 e. The van der Waals surface area contributed by atoms with E-state index in [0.717, 1.165) is 32.2 Å². The Kier molecular flexibility index (Phi) is 1.90. The molecule has 3 rings (SSSR count). The topological polar surface area (TPSA) is 35.6 Å². The van der Waals surface area contributed by atoms with Crippen LogP contribution < -0.4 is 5.32 Å². The molecule has 0 unspecified atom stereocenters. The van der Waals surface area contributed by atoms with E-state index < -0.39 is 0 Å². The van der Waals surface area contributed by atoms with Gasteiger partial charge in [0, 0.05) is 32.2 Å². The van der Waals surface area contributed by atoms with Crippen LogP contribution in [0.2, 0.25) is 0 Å². The first-order valence-electron chi connectivity index (χ1n) is 5.63. The molecule has 14 heavy (non-hydrogen) atoms. The van der Waals surface area contributed by atoms with Gasteiger partial charge in [-0.05, 0) is 12.8 Å². The van der Waals surface area contributed by atoms with Crippen molar-refractivity contribution in [3.63, 3.8) is 0 Å². The second-order valence-electron chi connectivity index (χ2n) is 4.61. The van der Waals surface area contributed by atoms with Gasteiger partial charge in [-0.1, -0.05) is 6.42 Å². The van der Waals surface area contributed by atoms with Gasteiger partial charge in [-0.25, -0.2) is 4.79 Å². The largest absolute Gasteiger partial charge is 0.336 e. The van der Waals surface area contributed by atoms with E-state index in [1.165, 1.54) is 19.3 Å². The molecule has 0 aromatic carbocycles. The molecule has 2 saturated heterocycles. The third kappa shape index (κ3) is 1.21. The highest BCUT2D eigenvalue weighted by atomic mass is 16.2. The number of hydrogen-bond acceptors (Lipinski definition) is 2. The molecule has 2 heterocycles. The number of carbonyl (C=O) groups excluding carboxylic acids is 1. The van der Waals surface area contributed by atoms with Gasteiger partial charge in [0.1, 0.15) is 0 Å². The minimum Gasteiger partial charge on any atom is -0.336 e. The third-order valence-electron chi connectivity index (χ3n) is 3.86. The summed E-state index contributed by atoms with van der Waals surface area (Å²) in [5.74, 6) is 0. The predicted octanol–water partition coefficient (Wildman–Crippen LogP) is 0.248. The van der Waals surface area contributed by atoms with Crippen molar-refractivity contribution < 1.29 is 4.79 Å². The van der Waals surface area contributed by atoms with E-state index in [9.17, 15) is 4.79 Å². The summed E-state index contributed by atoms with van der Waals surface area (Å²) in [7, 11) is 0. The molecule has 0 radical (unpaired) electrons. The molecule has 1 atom stereocenters. The molecule has 0 aromatic heterocycles. The van der Waals surface area contributed by atoms with Crippen LogP contribution in [0.3, 0.4) is 0 Å². The molecule has 4 nitrogen and oxygen atoms in total. The van der Waals surface area contributed by atoms with Crippen LogP contribution in [0.4, 0.5) is 4.79 Å². The van der Waals surface area contributed by atoms with E-state index in [1.54, 1.807) is 0 Å². The lowest BCUT2D eigenvalue weighted by atomic mass is 9.90. The molecular weight excluding hydrogens is 178 g/mol. The second-order valence-corrected chi connectivity index (χ2v) is 4.61. The molecule has 0 bridgehead atoms. The molecule has 4 heteroatoms. The van der Waals surface area contributed by atoms with Crippen LogP contribution in [0.15, 0.2) is 0 Å². The van der Waals surface area contributed by atoms with Crippen molar-refractivity contribution in [3.8, 4) is 0 Å². The van der Waals surface area contributed by atoms with Gasteiger partial charge in [0.05, 0.1) is 6.04 Å². The maximum absolute atomic E-state index is 11.4. The Morgan fingerprint density at radius 2 is 2.07 bits per heavy atom. The normalized spacial score (nSPS) is 33.9. The van der Waals surface area contributed by atoms with Crippen molar-refractivity contribution in [2.24, 2.45) is 0 Å². The Morgan fingerprint density at radius 1 is 1.21 bits per heavy atom. The quantitative estimate of drug-likeness (QED) is 0.651. The van der Waals surface area contributed by atoms with Crippen LogP contribution in [0.5, 0.6) is 0 Å². The number of amides is 2. The van der Waals surface area contributed by atoms with Gasteiger partial charge in [0.25, 0.3) is 0 Å².